The van der Waals surface area contributed by atoms with Crippen molar-refractivity contribution in [2.24, 2.45) is 5.41 Å². The third-order valence-electron chi connectivity index (χ3n) is 3.35. The molecule has 0 spiro atoms. The second-order valence-electron chi connectivity index (χ2n) is 6.04. The van der Waals surface area contributed by atoms with Crippen LogP contribution in [-0.2, 0) is 0 Å². The number of aromatic nitrogens is 3. The molecule has 1 aromatic carbocycles. The monoisotopic (exact) mass is 279 g/mol. The van der Waals surface area contributed by atoms with Crippen LogP contribution in [0.25, 0.3) is 17.0 Å². The van der Waals surface area contributed by atoms with E-state index in [1.807, 2.05) is 63.4 Å². The van der Waals surface area contributed by atoms with Gasteiger partial charge in [0.2, 0.25) is 5.78 Å². The van der Waals surface area contributed by atoms with Gasteiger partial charge in [-0.25, -0.2) is 9.97 Å². The topological polar surface area (TPSA) is 47.3 Å². The van der Waals surface area contributed by atoms with E-state index in [0.29, 0.717) is 17.2 Å². The Morgan fingerprint density at radius 2 is 1.81 bits per heavy atom. The SMILES string of the molecule is CC(C)(C)C(=O)c1c(-c2ccccc2)nc2ncccn12. The molecule has 0 saturated carbocycles. The number of benzene rings is 1. The van der Waals surface area contributed by atoms with Crippen molar-refractivity contribution in [2.75, 3.05) is 0 Å². The molecule has 0 amide bonds. The van der Waals surface area contributed by atoms with Crippen LogP contribution in [0.15, 0.2) is 48.8 Å². The van der Waals surface area contributed by atoms with Crippen LogP contribution in [0.2, 0.25) is 0 Å². The van der Waals surface area contributed by atoms with Gasteiger partial charge in [0, 0.05) is 23.4 Å². The minimum absolute atomic E-state index is 0.0573. The van der Waals surface area contributed by atoms with Crippen molar-refractivity contribution < 1.29 is 4.79 Å². The molecule has 4 nitrogen and oxygen atoms in total. The van der Waals surface area contributed by atoms with Crippen molar-refractivity contribution in [3.05, 3.63) is 54.5 Å². The summed E-state index contributed by atoms with van der Waals surface area (Å²) in [5, 5.41) is 0. The summed E-state index contributed by atoms with van der Waals surface area (Å²) >= 11 is 0. The number of carbonyl (C=O) groups is 1. The van der Waals surface area contributed by atoms with E-state index in [-0.39, 0.29) is 5.78 Å². The number of carbonyl (C=O) groups excluding carboxylic acids is 1. The summed E-state index contributed by atoms with van der Waals surface area (Å²) in [6.45, 7) is 5.75. The molecule has 0 unspecified atom stereocenters. The summed E-state index contributed by atoms with van der Waals surface area (Å²) in [7, 11) is 0. The molecule has 0 fully saturated rings. The van der Waals surface area contributed by atoms with Crippen LogP contribution in [0.3, 0.4) is 0 Å². The van der Waals surface area contributed by atoms with Crippen molar-refractivity contribution in [1.29, 1.82) is 0 Å². The summed E-state index contributed by atoms with van der Waals surface area (Å²) in [6, 6.07) is 11.6. The van der Waals surface area contributed by atoms with E-state index in [2.05, 4.69) is 9.97 Å². The molecule has 2 heterocycles. The fourth-order valence-corrected chi connectivity index (χ4v) is 2.26. The van der Waals surface area contributed by atoms with Crippen molar-refractivity contribution in [1.82, 2.24) is 14.4 Å². The van der Waals surface area contributed by atoms with E-state index in [1.54, 1.807) is 10.6 Å². The zero-order valence-electron chi connectivity index (χ0n) is 12.4. The fraction of sp³-hybridized carbons (Fsp3) is 0.235. The second-order valence-corrected chi connectivity index (χ2v) is 6.04. The zero-order chi connectivity index (χ0) is 15.0. The predicted molar refractivity (Wildman–Crippen MR) is 82.2 cm³/mol. The minimum atomic E-state index is -0.477. The smallest absolute Gasteiger partial charge is 0.234 e. The normalized spacial score (nSPS) is 11.8. The maximum absolute atomic E-state index is 12.8. The molecular formula is C17H17N3O. The molecule has 0 atom stereocenters. The largest absolute Gasteiger partial charge is 0.292 e. The van der Waals surface area contributed by atoms with Gasteiger partial charge in [0.1, 0.15) is 11.4 Å². The first-order valence-corrected chi connectivity index (χ1v) is 6.92. The van der Waals surface area contributed by atoms with E-state index < -0.39 is 5.41 Å². The number of Topliss-reactive ketones (excluding diaryl/α,β-unsaturated/α-hetero) is 1. The molecule has 0 saturated heterocycles. The number of rotatable bonds is 2. The first-order valence-electron chi connectivity index (χ1n) is 6.92. The van der Waals surface area contributed by atoms with E-state index in [4.69, 9.17) is 0 Å². The van der Waals surface area contributed by atoms with Gasteiger partial charge in [-0.3, -0.25) is 9.20 Å². The maximum Gasteiger partial charge on any atom is 0.234 e. The van der Waals surface area contributed by atoms with Crippen molar-refractivity contribution in [3.63, 3.8) is 0 Å². The van der Waals surface area contributed by atoms with Crippen molar-refractivity contribution >= 4 is 11.6 Å². The lowest BCUT2D eigenvalue weighted by molar-refractivity contribution is 0.0852. The van der Waals surface area contributed by atoms with Crippen LogP contribution < -0.4 is 0 Å². The number of imidazole rings is 1. The molecule has 3 aromatic rings. The van der Waals surface area contributed by atoms with Crippen LogP contribution in [0.4, 0.5) is 0 Å². The highest BCUT2D eigenvalue weighted by Gasteiger charge is 2.29. The number of nitrogens with zero attached hydrogens (tertiary/aromatic N) is 3. The summed E-state index contributed by atoms with van der Waals surface area (Å²) in [6.07, 6.45) is 3.52. The Bertz CT molecular complexity index is 798. The molecule has 0 aliphatic carbocycles. The van der Waals surface area contributed by atoms with Crippen LogP contribution >= 0.6 is 0 Å². The minimum Gasteiger partial charge on any atom is -0.292 e. The standard InChI is InChI=1S/C17H17N3O/c1-17(2,3)15(21)14-13(12-8-5-4-6-9-12)19-16-18-10-7-11-20(14)16/h4-11H,1-3H3. The molecule has 0 aliphatic rings. The van der Waals surface area contributed by atoms with Crippen LogP contribution in [0, 0.1) is 5.41 Å². The number of hydrogen-bond acceptors (Lipinski definition) is 3. The first-order chi connectivity index (χ1) is 9.98. The fourth-order valence-electron chi connectivity index (χ4n) is 2.26. The highest BCUT2D eigenvalue weighted by Crippen LogP contribution is 2.29. The van der Waals surface area contributed by atoms with E-state index >= 15 is 0 Å². The summed E-state index contributed by atoms with van der Waals surface area (Å²) in [5.74, 6) is 0.603. The van der Waals surface area contributed by atoms with Crippen LogP contribution in [0.5, 0.6) is 0 Å². The molecule has 0 N–H and O–H groups in total. The van der Waals surface area contributed by atoms with Gasteiger partial charge in [-0.15, -0.1) is 0 Å². The van der Waals surface area contributed by atoms with Gasteiger partial charge in [-0.2, -0.15) is 0 Å². The van der Waals surface area contributed by atoms with E-state index in [9.17, 15) is 4.79 Å². The molecule has 21 heavy (non-hydrogen) atoms. The van der Waals surface area contributed by atoms with Gasteiger partial charge in [-0.1, -0.05) is 51.1 Å². The van der Waals surface area contributed by atoms with Gasteiger partial charge in [0.15, 0.2) is 5.78 Å². The molecule has 2 aromatic heterocycles. The number of ketones is 1. The van der Waals surface area contributed by atoms with Gasteiger partial charge < -0.3 is 0 Å². The molecule has 3 rings (SSSR count). The maximum atomic E-state index is 12.8. The third kappa shape index (κ3) is 2.33. The Kier molecular flexibility index (Phi) is 3.09. The van der Waals surface area contributed by atoms with Gasteiger partial charge in [-0.05, 0) is 6.07 Å². The predicted octanol–water partition coefficient (Wildman–Crippen LogP) is 3.63. The van der Waals surface area contributed by atoms with E-state index in [1.165, 1.54) is 0 Å². The molecule has 106 valence electrons. The summed E-state index contributed by atoms with van der Waals surface area (Å²) in [4.78, 5) is 21.6. The highest BCUT2D eigenvalue weighted by atomic mass is 16.1. The molecule has 0 radical (unpaired) electrons. The first kappa shape index (κ1) is 13.5. The number of fused-ring (bicyclic) bond motifs is 1. The van der Waals surface area contributed by atoms with Crippen LogP contribution in [-0.4, -0.2) is 20.2 Å². The van der Waals surface area contributed by atoms with Gasteiger partial charge in [0.05, 0.1) is 0 Å². The summed E-state index contributed by atoms with van der Waals surface area (Å²) < 4.78 is 1.77. The average Bonchev–Trinajstić information content (AvgIpc) is 2.85. The van der Waals surface area contributed by atoms with E-state index in [0.717, 1.165) is 5.56 Å². The lowest BCUT2D eigenvalue weighted by Gasteiger charge is -2.17. The highest BCUT2D eigenvalue weighted by molar-refractivity contribution is 6.04. The Morgan fingerprint density at radius 3 is 2.48 bits per heavy atom. The lowest BCUT2D eigenvalue weighted by Crippen LogP contribution is -2.22. The van der Waals surface area contributed by atoms with Crippen molar-refractivity contribution in [3.8, 4) is 11.3 Å². The summed E-state index contributed by atoms with van der Waals surface area (Å²) in [5.41, 5.74) is 1.73. The Morgan fingerprint density at radius 1 is 1.10 bits per heavy atom. The molecule has 4 heteroatoms. The molecule has 0 bridgehead atoms. The van der Waals surface area contributed by atoms with Crippen LogP contribution in [0.1, 0.15) is 31.3 Å². The average molecular weight is 279 g/mol. The van der Waals surface area contributed by atoms with Gasteiger partial charge in [0.25, 0.3) is 0 Å². The third-order valence-corrected chi connectivity index (χ3v) is 3.35. The molecule has 0 aliphatic heterocycles. The lowest BCUT2D eigenvalue weighted by atomic mass is 9.87. The Hall–Kier alpha value is -2.49. The quantitative estimate of drug-likeness (QED) is 0.673. The van der Waals surface area contributed by atoms with Gasteiger partial charge >= 0.3 is 0 Å². The second kappa shape index (κ2) is 4.81. The Labute approximate surface area is 123 Å². The number of hydrogen-bond donors (Lipinski definition) is 0. The zero-order valence-corrected chi connectivity index (χ0v) is 12.4. The Balaban J connectivity index is 2.32. The molecular weight excluding hydrogens is 262 g/mol. The van der Waals surface area contributed by atoms with Crippen molar-refractivity contribution in [2.45, 2.75) is 20.8 Å².